The number of rotatable bonds is 11. The van der Waals surface area contributed by atoms with Crippen LogP contribution in [0, 0.1) is 17.8 Å². The molecule has 0 saturated carbocycles. The highest BCUT2D eigenvalue weighted by molar-refractivity contribution is 6.74. The molecule has 0 saturated heterocycles. The molecule has 0 bridgehead atoms. The van der Waals surface area contributed by atoms with E-state index in [-0.39, 0.29) is 34.5 Å². The smallest absolute Gasteiger partial charge is 0.192 e. The van der Waals surface area contributed by atoms with Gasteiger partial charge < -0.3 is 18.7 Å². The van der Waals surface area contributed by atoms with Gasteiger partial charge in [-0.05, 0) is 113 Å². The second-order valence-electron chi connectivity index (χ2n) is 16.8. The Balaban J connectivity index is 3.05. The Kier molecular flexibility index (Phi) is 16.0. The van der Waals surface area contributed by atoms with E-state index in [1.54, 1.807) is 0 Å². The SMILES string of the molecule is C/C(=C\[C@@H](C)[C@@H](C[C@@H](C)O[Si](C)(C)C(C)(C)C)O[Si](C)(C)C(C)(C)C)C[C@H](C)[C@H]1C/C=C/C[C@H](C)[C@@H](O)CCCCO1. The van der Waals surface area contributed by atoms with Gasteiger partial charge in [0.25, 0.3) is 0 Å². The van der Waals surface area contributed by atoms with Gasteiger partial charge in [0.05, 0.1) is 18.3 Å². The fraction of sp³-hybridized carbons (Fsp3) is 0.889. The molecule has 6 heteroatoms. The topological polar surface area (TPSA) is 47.9 Å². The van der Waals surface area contributed by atoms with Crippen molar-refractivity contribution in [1.82, 2.24) is 0 Å². The third-order valence-corrected chi connectivity index (χ3v) is 19.6. The molecule has 0 aliphatic carbocycles. The maximum absolute atomic E-state index is 10.4. The van der Waals surface area contributed by atoms with Crippen LogP contribution in [0.2, 0.25) is 36.3 Å². The van der Waals surface area contributed by atoms with Gasteiger partial charge >= 0.3 is 0 Å². The van der Waals surface area contributed by atoms with Crippen LogP contribution in [0.1, 0.15) is 121 Å². The Labute approximate surface area is 264 Å². The quantitative estimate of drug-likeness (QED) is 0.183. The van der Waals surface area contributed by atoms with Crippen LogP contribution in [0.25, 0.3) is 0 Å². The van der Waals surface area contributed by atoms with Gasteiger partial charge in [-0.15, -0.1) is 0 Å². The molecule has 1 N–H and O–H groups in total. The van der Waals surface area contributed by atoms with Gasteiger partial charge in [-0.25, -0.2) is 0 Å². The molecule has 1 aliphatic heterocycles. The number of allylic oxidation sites excluding steroid dienone is 2. The summed E-state index contributed by atoms with van der Waals surface area (Å²) < 4.78 is 20.4. The zero-order valence-electron chi connectivity index (χ0n) is 30.6. The number of aliphatic hydroxyl groups is 1. The first kappa shape index (κ1) is 39.8. The van der Waals surface area contributed by atoms with Crippen LogP contribution in [0.3, 0.4) is 0 Å². The largest absolute Gasteiger partial charge is 0.414 e. The van der Waals surface area contributed by atoms with E-state index in [4.69, 9.17) is 13.6 Å². The average Bonchev–Trinajstić information content (AvgIpc) is 2.81. The maximum atomic E-state index is 10.4. The number of hydrogen-bond donors (Lipinski definition) is 1. The standard InChI is InChI=1S/C36H72O4Si2/c1-27(24-29(3)33-22-17-16-20-28(2)32(37)21-18-19-23-38-33)25-30(4)34(40-42(14,15)36(9,10)11)26-31(5)39-41(12,13)35(6,7)8/h16-17,25,28-34,37H,18-24,26H2,1-15H3/b17-16+,27-25+/t28-,29-,30+,31+,32-,33+,34+/m0/s1. The Morgan fingerprint density at radius 1 is 0.929 bits per heavy atom. The summed E-state index contributed by atoms with van der Waals surface area (Å²) in [5, 5.41) is 10.7. The van der Waals surface area contributed by atoms with Crippen LogP contribution in [-0.4, -0.2) is 52.8 Å². The molecule has 0 spiro atoms. The molecule has 1 aliphatic rings. The van der Waals surface area contributed by atoms with E-state index in [2.05, 4.69) is 121 Å². The van der Waals surface area contributed by atoms with E-state index >= 15 is 0 Å². The molecule has 0 unspecified atom stereocenters. The summed E-state index contributed by atoms with van der Waals surface area (Å²) in [5.74, 6) is 1.06. The third kappa shape index (κ3) is 13.4. The lowest BCUT2D eigenvalue weighted by Crippen LogP contribution is -2.48. The second-order valence-corrected chi connectivity index (χ2v) is 26.3. The van der Waals surface area contributed by atoms with Crippen LogP contribution in [-0.2, 0) is 13.6 Å². The highest BCUT2D eigenvalue weighted by Gasteiger charge is 2.42. The number of aliphatic hydroxyl groups excluding tert-OH is 1. The van der Waals surface area contributed by atoms with E-state index < -0.39 is 16.6 Å². The molecular weight excluding hydrogens is 553 g/mol. The molecule has 0 aromatic rings. The summed E-state index contributed by atoms with van der Waals surface area (Å²) in [6.07, 6.45) is 14.1. The molecule has 0 aromatic carbocycles. The van der Waals surface area contributed by atoms with Crippen molar-refractivity contribution in [3.63, 3.8) is 0 Å². The fourth-order valence-corrected chi connectivity index (χ4v) is 8.26. The lowest BCUT2D eigenvalue weighted by Gasteiger charge is -2.43. The lowest BCUT2D eigenvalue weighted by molar-refractivity contribution is 0.0145. The van der Waals surface area contributed by atoms with E-state index in [0.717, 1.165) is 51.6 Å². The molecule has 7 atom stereocenters. The van der Waals surface area contributed by atoms with Crippen molar-refractivity contribution in [3.8, 4) is 0 Å². The molecule has 42 heavy (non-hydrogen) atoms. The van der Waals surface area contributed by atoms with Crippen LogP contribution < -0.4 is 0 Å². The van der Waals surface area contributed by atoms with Gasteiger partial charge in [-0.1, -0.05) is 86.1 Å². The van der Waals surface area contributed by atoms with Crippen molar-refractivity contribution in [2.24, 2.45) is 17.8 Å². The number of hydrogen-bond acceptors (Lipinski definition) is 4. The fourth-order valence-electron chi connectivity index (χ4n) is 5.38. The summed E-state index contributed by atoms with van der Waals surface area (Å²) in [6, 6.07) is 0. The molecule has 4 nitrogen and oxygen atoms in total. The van der Waals surface area contributed by atoms with Gasteiger partial charge in [0, 0.05) is 12.7 Å². The monoisotopic (exact) mass is 624 g/mol. The first-order valence-corrected chi connectivity index (χ1v) is 22.9. The number of ether oxygens (including phenoxy) is 1. The third-order valence-electron chi connectivity index (χ3n) is 10.5. The molecule has 1 heterocycles. The second kappa shape index (κ2) is 16.9. The molecular formula is C36H72O4Si2. The van der Waals surface area contributed by atoms with Crippen molar-refractivity contribution in [1.29, 1.82) is 0 Å². The molecule has 0 fully saturated rings. The van der Waals surface area contributed by atoms with Crippen molar-refractivity contribution >= 4 is 16.6 Å². The molecule has 0 amide bonds. The van der Waals surface area contributed by atoms with Crippen LogP contribution in [0.4, 0.5) is 0 Å². The first-order valence-electron chi connectivity index (χ1n) is 17.0. The molecule has 248 valence electrons. The van der Waals surface area contributed by atoms with Gasteiger partial charge in [0.2, 0.25) is 0 Å². The summed E-state index contributed by atoms with van der Waals surface area (Å²) in [6.45, 7) is 35.6. The predicted molar refractivity (Wildman–Crippen MR) is 188 cm³/mol. The van der Waals surface area contributed by atoms with Crippen molar-refractivity contribution in [2.75, 3.05) is 6.61 Å². The Morgan fingerprint density at radius 2 is 1.48 bits per heavy atom. The highest BCUT2D eigenvalue weighted by Crippen LogP contribution is 2.41. The van der Waals surface area contributed by atoms with Gasteiger partial charge in [-0.3, -0.25) is 0 Å². The minimum atomic E-state index is -1.96. The van der Waals surface area contributed by atoms with Crippen molar-refractivity contribution in [3.05, 3.63) is 23.8 Å². The Hall–Kier alpha value is -0.246. The summed E-state index contributed by atoms with van der Waals surface area (Å²) in [4.78, 5) is 0. The van der Waals surface area contributed by atoms with Crippen LogP contribution in [0.5, 0.6) is 0 Å². The van der Waals surface area contributed by atoms with Crippen molar-refractivity contribution in [2.45, 2.75) is 182 Å². The van der Waals surface area contributed by atoms with Gasteiger partial charge in [-0.2, -0.15) is 0 Å². The van der Waals surface area contributed by atoms with Crippen LogP contribution in [0.15, 0.2) is 23.8 Å². The highest BCUT2D eigenvalue weighted by atomic mass is 28.4. The zero-order chi connectivity index (χ0) is 32.5. The van der Waals surface area contributed by atoms with Gasteiger partial charge in [0.15, 0.2) is 16.6 Å². The van der Waals surface area contributed by atoms with E-state index in [0.29, 0.717) is 17.8 Å². The van der Waals surface area contributed by atoms with E-state index in [1.165, 1.54) is 5.57 Å². The zero-order valence-corrected chi connectivity index (χ0v) is 32.6. The average molecular weight is 625 g/mol. The Morgan fingerprint density at radius 3 is 2.05 bits per heavy atom. The molecule has 0 radical (unpaired) electrons. The van der Waals surface area contributed by atoms with E-state index in [9.17, 15) is 5.11 Å². The van der Waals surface area contributed by atoms with Crippen molar-refractivity contribution < 1.29 is 18.7 Å². The summed E-state index contributed by atoms with van der Waals surface area (Å²) >= 11 is 0. The lowest BCUT2D eigenvalue weighted by atomic mass is 9.90. The first-order chi connectivity index (χ1) is 19.1. The normalized spacial score (nSPS) is 26.5. The summed E-state index contributed by atoms with van der Waals surface area (Å²) in [5.41, 5.74) is 1.42. The minimum Gasteiger partial charge on any atom is -0.414 e. The van der Waals surface area contributed by atoms with Crippen LogP contribution >= 0.6 is 0 Å². The maximum Gasteiger partial charge on any atom is 0.192 e. The molecule has 1 rings (SSSR count). The Bertz CT molecular complexity index is 836. The minimum absolute atomic E-state index is 0.133. The predicted octanol–water partition coefficient (Wildman–Crippen LogP) is 10.7. The van der Waals surface area contributed by atoms with Gasteiger partial charge in [0.1, 0.15) is 0 Å². The summed E-state index contributed by atoms with van der Waals surface area (Å²) in [7, 11) is -3.81. The van der Waals surface area contributed by atoms with E-state index in [1.807, 2.05) is 0 Å². The molecule has 0 aromatic heterocycles.